The molecule has 0 bridgehead atoms. The van der Waals surface area contributed by atoms with Gasteiger partial charge < -0.3 is 0 Å². The van der Waals surface area contributed by atoms with E-state index in [1.165, 1.54) is 0 Å². The lowest BCUT2D eigenvalue weighted by molar-refractivity contribution is -0.139. The third kappa shape index (κ3) is 0.994. The minimum absolute atomic E-state index is 0.345. The number of allylic oxidation sites excluding steroid dienone is 2. The number of alkyl halides is 1. The summed E-state index contributed by atoms with van der Waals surface area (Å²) >= 11 is 3.37. The Bertz CT molecular complexity index is 210. The Labute approximate surface area is 75.0 Å². The molecule has 11 heavy (non-hydrogen) atoms. The zero-order valence-electron chi connectivity index (χ0n) is 6.29. The molecule has 0 aromatic rings. The van der Waals surface area contributed by atoms with Gasteiger partial charge in [-0.3, -0.25) is 4.79 Å². The molecule has 0 saturated heterocycles. The van der Waals surface area contributed by atoms with Crippen molar-refractivity contribution in [3.63, 3.8) is 0 Å². The van der Waals surface area contributed by atoms with Crippen molar-refractivity contribution in [1.82, 2.24) is 0 Å². The SMILES string of the molecule is O=C1C(CCBr)[C@H]2C=CC[C@@H]12. The number of hydrogen-bond acceptors (Lipinski definition) is 1. The summed E-state index contributed by atoms with van der Waals surface area (Å²) in [6, 6.07) is 0. The summed E-state index contributed by atoms with van der Waals surface area (Å²) in [6.07, 6.45) is 6.40. The molecule has 0 radical (unpaired) electrons. The third-order valence-electron chi connectivity index (χ3n) is 2.83. The maximum atomic E-state index is 11.4. The maximum absolute atomic E-state index is 11.4. The lowest BCUT2D eigenvalue weighted by atomic mass is 9.64. The topological polar surface area (TPSA) is 17.1 Å². The lowest BCUT2D eigenvalue weighted by Crippen LogP contribution is -2.44. The van der Waals surface area contributed by atoms with Crippen molar-refractivity contribution in [3.8, 4) is 0 Å². The Morgan fingerprint density at radius 3 is 3.18 bits per heavy atom. The molecule has 0 aliphatic heterocycles. The highest BCUT2D eigenvalue weighted by molar-refractivity contribution is 9.09. The van der Waals surface area contributed by atoms with Crippen LogP contribution in [0.2, 0.25) is 0 Å². The van der Waals surface area contributed by atoms with Gasteiger partial charge in [0.15, 0.2) is 0 Å². The first-order chi connectivity index (χ1) is 5.34. The summed E-state index contributed by atoms with van der Waals surface area (Å²) in [5.41, 5.74) is 0. The molecule has 2 heteroatoms. The Morgan fingerprint density at radius 2 is 2.45 bits per heavy atom. The van der Waals surface area contributed by atoms with Crippen LogP contribution in [0.25, 0.3) is 0 Å². The quantitative estimate of drug-likeness (QED) is 0.509. The zero-order chi connectivity index (χ0) is 7.84. The first kappa shape index (κ1) is 7.53. The molecule has 0 aromatic carbocycles. The summed E-state index contributed by atoms with van der Waals surface area (Å²) in [4.78, 5) is 11.4. The fourth-order valence-corrected chi connectivity index (χ4v) is 2.69. The molecule has 0 amide bonds. The van der Waals surface area contributed by atoms with Crippen molar-refractivity contribution < 1.29 is 4.79 Å². The molecule has 1 unspecified atom stereocenters. The number of hydrogen-bond donors (Lipinski definition) is 0. The maximum Gasteiger partial charge on any atom is 0.140 e. The third-order valence-corrected chi connectivity index (χ3v) is 3.29. The van der Waals surface area contributed by atoms with Crippen molar-refractivity contribution in [2.75, 3.05) is 5.33 Å². The van der Waals surface area contributed by atoms with Gasteiger partial charge >= 0.3 is 0 Å². The van der Waals surface area contributed by atoms with Crippen LogP contribution in [0, 0.1) is 17.8 Å². The van der Waals surface area contributed by atoms with E-state index in [0.29, 0.717) is 23.5 Å². The highest BCUT2D eigenvalue weighted by Gasteiger charge is 2.48. The molecule has 1 nitrogen and oxygen atoms in total. The smallest absolute Gasteiger partial charge is 0.140 e. The molecule has 0 N–H and O–H groups in total. The van der Waals surface area contributed by atoms with Gasteiger partial charge in [-0.1, -0.05) is 28.1 Å². The molecule has 60 valence electrons. The highest BCUT2D eigenvalue weighted by atomic mass is 79.9. The van der Waals surface area contributed by atoms with Crippen LogP contribution >= 0.6 is 15.9 Å². The van der Waals surface area contributed by atoms with Gasteiger partial charge in [0.25, 0.3) is 0 Å². The Hall–Kier alpha value is -0.110. The minimum Gasteiger partial charge on any atom is -0.299 e. The highest BCUT2D eigenvalue weighted by Crippen LogP contribution is 2.45. The van der Waals surface area contributed by atoms with E-state index in [-0.39, 0.29) is 0 Å². The van der Waals surface area contributed by atoms with Gasteiger partial charge in [-0.2, -0.15) is 0 Å². The van der Waals surface area contributed by atoms with E-state index in [0.717, 1.165) is 18.2 Å². The molecule has 2 aliphatic rings. The van der Waals surface area contributed by atoms with Gasteiger partial charge in [0.2, 0.25) is 0 Å². The second kappa shape index (κ2) is 2.74. The monoisotopic (exact) mass is 214 g/mol. The molecule has 2 aliphatic carbocycles. The van der Waals surface area contributed by atoms with E-state index in [9.17, 15) is 4.79 Å². The first-order valence-electron chi connectivity index (χ1n) is 4.11. The average molecular weight is 215 g/mol. The van der Waals surface area contributed by atoms with Crippen LogP contribution in [-0.4, -0.2) is 11.1 Å². The van der Waals surface area contributed by atoms with Crippen LogP contribution in [-0.2, 0) is 4.79 Å². The number of Topliss-reactive ketones (excluding diaryl/α,β-unsaturated/α-hetero) is 1. The fraction of sp³-hybridized carbons (Fsp3) is 0.667. The molecule has 0 spiro atoms. The number of halogens is 1. The second-order valence-corrected chi connectivity index (χ2v) is 4.13. The molecule has 2 rings (SSSR count). The average Bonchev–Trinajstić information content (AvgIpc) is 2.44. The van der Waals surface area contributed by atoms with Gasteiger partial charge in [-0.05, 0) is 18.8 Å². The number of carbonyl (C=O) groups excluding carboxylic acids is 1. The van der Waals surface area contributed by atoms with Crippen LogP contribution in [0.4, 0.5) is 0 Å². The molecular weight excluding hydrogens is 204 g/mol. The first-order valence-corrected chi connectivity index (χ1v) is 5.23. The minimum atomic E-state index is 0.345. The predicted molar refractivity (Wildman–Crippen MR) is 47.6 cm³/mol. The Morgan fingerprint density at radius 1 is 1.64 bits per heavy atom. The van der Waals surface area contributed by atoms with Gasteiger partial charge in [0, 0.05) is 17.2 Å². The fourth-order valence-electron chi connectivity index (χ4n) is 2.19. The Balaban J connectivity index is 2.02. The van der Waals surface area contributed by atoms with Crippen LogP contribution in [0.1, 0.15) is 12.8 Å². The van der Waals surface area contributed by atoms with Gasteiger partial charge in [-0.25, -0.2) is 0 Å². The summed E-state index contributed by atoms with van der Waals surface area (Å²) in [6.45, 7) is 0. The van der Waals surface area contributed by atoms with E-state index in [1.807, 2.05) is 0 Å². The molecule has 3 atom stereocenters. The lowest BCUT2D eigenvalue weighted by Gasteiger charge is -2.37. The van der Waals surface area contributed by atoms with E-state index >= 15 is 0 Å². The van der Waals surface area contributed by atoms with Crippen molar-refractivity contribution in [2.24, 2.45) is 17.8 Å². The van der Waals surface area contributed by atoms with Crippen molar-refractivity contribution in [2.45, 2.75) is 12.8 Å². The van der Waals surface area contributed by atoms with E-state index in [1.54, 1.807) is 0 Å². The van der Waals surface area contributed by atoms with Crippen LogP contribution < -0.4 is 0 Å². The standard InChI is InChI=1S/C9H11BrO/c10-5-4-8-6-2-1-3-7(6)9(8)11/h1-2,6-8H,3-5H2/t6-,7+,8?/m0/s1. The molecule has 0 heterocycles. The summed E-state index contributed by atoms with van der Waals surface area (Å²) in [5.74, 6) is 1.82. The van der Waals surface area contributed by atoms with Crippen LogP contribution in [0.3, 0.4) is 0 Å². The normalized spacial score (nSPS) is 40.5. The van der Waals surface area contributed by atoms with E-state index in [4.69, 9.17) is 0 Å². The van der Waals surface area contributed by atoms with Gasteiger partial charge in [0.1, 0.15) is 5.78 Å². The molecular formula is C9H11BrO. The van der Waals surface area contributed by atoms with E-state index in [2.05, 4.69) is 28.1 Å². The van der Waals surface area contributed by atoms with Crippen molar-refractivity contribution in [1.29, 1.82) is 0 Å². The predicted octanol–water partition coefficient (Wildman–Crippen LogP) is 2.16. The Kier molecular flexibility index (Phi) is 1.88. The zero-order valence-corrected chi connectivity index (χ0v) is 7.88. The summed E-state index contributed by atoms with van der Waals surface area (Å²) < 4.78 is 0. The summed E-state index contributed by atoms with van der Waals surface area (Å²) in [7, 11) is 0. The van der Waals surface area contributed by atoms with E-state index < -0.39 is 0 Å². The summed E-state index contributed by atoms with van der Waals surface area (Å²) in [5, 5.41) is 0.959. The number of fused-ring (bicyclic) bond motifs is 1. The van der Waals surface area contributed by atoms with Crippen molar-refractivity contribution >= 4 is 21.7 Å². The van der Waals surface area contributed by atoms with Crippen LogP contribution in [0.15, 0.2) is 12.2 Å². The van der Waals surface area contributed by atoms with Gasteiger partial charge in [-0.15, -0.1) is 0 Å². The van der Waals surface area contributed by atoms with Crippen molar-refractivity contribution in [3.05, 3.63) is 12.2 Å². The number of carbonyl (C=O) groups is 1. The van der Waals surface area contributed by atoms with Crippen LogP contribution in [0.5, 0.6) is 0 Å². The molecule has 1 saturated carbocycles. The number of rotatable bonds is 2. The number of ketones is 1. The molecule has 0 aromatic heterocycles. The second-order valence-electron chi connectivity index (χ2n) is 3.33. The largest absolute Gasteiger partial charge is 0.299 e. The van der Waals surface area contributed by atoms with Gasteiger partial charge in [0.05, 0.1) is 0 Å². The molecule has 1 fully saturated rings.